The molecule has 3 aromatic rings. The van der Waals surface area contributed by atoms with Gasteiger partial charge in [0, 0.05) is 0 Å². The van der Waals surface area contributed by atoms with E-state index in [1.54, 1.807) is 6.07 Å². The van der Waals surface area contributed by atoms with Crippen LogP contribution in [0, 0.1) is 0 Å². The van der Waals surface area contributed by atoms with Crippen molar-refractivity contribution < 1.29 is 8.42 Å². The SMILES string of the molecule is O=S(=O)(NC(c1ccccc1)c1ccccc1)c1c(Cl)cccc1Cl. The lowest BCUT2D eigenvalue weighted by Gasteiger charge is -2.20. The lowest BCUT2D eigenvalue weighted by atomic mass is 10.00. The quantitative estimate of drug-likeness (QED) is 0.660. The minimum absolute atomic E-state index is 0.0832. The van der Waals surface area contributed by atoms with Crippen LogP contribution in [0.5, 0.6) is 0 Å². The van der Waals surface area contributed by atoms with Gasteiger partial charge in [-0.3, -0.25) is 0 Å². The van der Waals surface area contributed by atoms with E-state index < -0.39 is 16.1 Å². The third-order valence-electron chi connectivity index (χ3n) is 3.73. The summed E-state index contributed by atoms with van der Waals surface area (Å²) in [5.41, 5.74) is 1.64. The molecule has 128 valence electrons. The number of nitrogens with one attached hydrogen (secondary N) is 1. The fourth-order valence-corrected chi connectivity index (χ4v) is 4.93. The summed E-state index contributed by atoms with van der Waals surface area (Å²) < 4.78 is 28.6. The first-order valence-corrected chi connectivity index (χ1v) is 9.79. The van der Waals surface area contributed by atoms with Gasteiger partial charge < -0.3 is 0 Å². The summed E-state index contributed by atoms with van der Waals surface area (Å²) in [6.07, 6.45) is 0. The van der Waals surface area contributed by atoms with Crippen LogP contribution < -0.4 is 4.72 Å². The second-order valence-corrected chi connectivity index (χ2v) is 7.89. The van der Waals surface area contributed by atoms with Gasteiger partial charge >= 0.3 is 0 Å². The highest BCUT2D eigenvalue weighted by molar-refractivity contribution is 7.89. The van der Waals surface area contributed by atoms with E-state index in [1.165, 1.54) is 12.1 Å². The van der Waals surface area contributed by atoms with E-state index >= 15 is 0 Å². The molecule has 3 aromatic carbocycles. The molecule has 0 radical (unpaired) electrons. The standard InChI is InChI=1S/C19H15Cl2NO2S/c20-16-12-7-13-17(21)19(16)25(23,24)22-18(14-8-3-1-4-9-14)15-10-5-2-6-11-15/h1-13,18,22H. The van der Waals surface area contributed by atoms with Gasteiger partial charge in [-0.15, -0.1) is 0 Å². The molecule has 0 unspecified atom stereocenters. The average molecular weight is 392 g/mol. The molecule has 0 atom stereocenters. The third-order valence-corrected chi connectivity index (χ3v) is 6.10. The maximum Gasteiger partial charge on any atom is 0.244 e. The smallest absolute Gasteiger partial charge is 0.207 e. The van der Waals surface area contributed by atoms with Crippen molar-refractivity contribution in [3.8, 4) is 0 Å². The molecule has 0 saturated heterocycles. The summed E-state index contributed by atoms with van der Waals surface area (Å²) in [4.78, 5) is -0.116. The van der Waals surface area contributed by atoms with Crippen LogP contribution >= 0.6 is 23.2 Å². The molecule has 0 aliphatic heterocycles. The minimum atomic E-state index is -3.93. The topological polar surface area (TPSA) is 46.2 Å². The number of hydrogen-bond donors (Lipinski definition) is 1. The first-order valence-electron chi connectivity index (χ1n) is 7.55. The molecule has 0 spiro atoms. The molecule has 0 aliphatic rings. The van der Waals surface area contributed by atoms with E-state index in [-0.39, 0.29) is 14.9 Å². The van der Waals surface area contributed by atoms with E-state index in [0.717, 1.165) is 11.1 Å². The zero-order valence-corrected chi connectivity index (χ0v) is 15.4. The van der Waals surface area contributed by atoms with Gasteiger partial charge in [-0.05, 0) is 23.3 Å². The van der Waals surface area contributed by atoms with Crippen molar-refractivity contribution >= 4 is 33.2 Å². The molecule has 3 rings (SSSR count). The Morgan fingerprint density at radius 3 is 1.56 bits per heavy atom. The van der Waals surface area contributed by atoms with E-state index in [9.17, 15) is 8.42 Å². The first-order chi connectivity index (χ1) is 12.0. The van der Waals surface area contributed by atoms with Gasteiger partial charge in [-0.2, -0.15) is 4.72 Å². The molecule has 0 saturated carbocycles. The third kappa shape index (κ3) is 4.05. The highest BCUT2D eigenvalue weighted by Crippen LogP contribution is 2.31. The molecule has 3 nitrogen and oxygen atoms in total. The van der Waals surface area contributed by atoms with Gasteiger partial charge in [0.05, 0.1) is 16.1 Å². The Bertz CT molecular complexity index is 901. The molecule has 0 bridgehead atoms. The molecular formula is C19H15Cl2NO2S. The Morgan fingerprint density at radius 2 is 1.12 bits per heavy atom. The van der Waals surface area contributed by atoms with Crippen LogP contribution in [0.15, 0.2) is 83.8 Å². The molecule has 25 heavy (non-hydrogen) atoms. The minimum Gasteiger partial charge on any atom is -0.207 e. The summed E-state index contributed by atoms with van der Waals surface area (Å²) in [6.45, 7) is 0. The zero-order chi connectivity index (χ0) is 17.9. The lowest BCUT2D eigenvalue weighted by molar-refractivity contribution is 0.572. The fraction of sp³-hybridized carbons (Fsp3) is 0.0526. The van der Waals surface area contributed by atoms with E-state index in [4.69, 9.17) is 23.2 Å². The number of halogens is 2. The Morgan fingerprint density at radius 1 is 0.680 bits per heavy atom. The second-order valence-electron chi connectivity index (χ2n) is 5.43. The van der Waals surface area contributed by atoms with Crippen molar-refractivity contribution in [1.29, 1.82) is 0 Å². The van der Waals surface area contributed by atoms with Crippen molar-refractivity contribution in [3.05, 3.63) is 100 Å². The van der Waals surface area contributed by atoms with Crippen molar-refractivity contribution in [2.24, 2.45) is 0 Å². The molecule has 1 N–H and O–H groups in total. The van der Waals surface area contributed by atoms with Crippen LogP contribution in [0.4, 0.5) is 0 Å². The maximum absolute atomic E-state index is 13.0. The zero-order valence-electron chi connectivity index (χ0n) is 13.1. The van der Waals surface area contributed by atoms with Crippen LogP contribution in [-0.4, -0.2) is 8.42 Å². The maximum atomic E-state index is 13.0. The van der Waals surface area contributed by atoms with Gasteiger partial charge in [0.1, 0.15) is 4.90 Å². The lowest BCUT2D eigenvalue weighted by Crippen LogP contribution is -2.30. The Kier molecular flexibility index (Phi) is 5.45. The second kappa shape index (κ2) is 7.58. The number of sulfonamides is 1. The molecule has 0 aromatic heterocycles. The molecule has 6 heteroatoms. The largest absolute Gasteiger partial charge is 0.244 e. The van der Waals surface area contributed by atoms with Gasteiger partial charge in [0.25, 0.3) is 0 Å². The van der Waals surface area contributed by atoms with Crippen LogP contribution in [0.1, 0.15) is 17.2 Å². The Labute approximate surface area is 157 Å². The monoisotopic (exact) mass is 391 g/mol. The highest BCUT2D eigenvalue weighted by Gasteiger charge is 2.26. The molecule has 0 aliphatic carbocycles. The van der Waals surface area contributed by atoms with Gasteiger partial charge in [-0.25, -0.2) is 8.42 Å². The molecule has 0 fully saturated rings. The fourth-order valence-electron chi connectivity index (χ4n) is 2.57. The average Bonchev–Trinajstić information content (AvgIpc) is 2.61. The Hall–Kier alpha value is -1.85. The van der Waals surface area contributed by atoms with Gasteiger partial charge in [-0.1, -0.05) is 89.9 Å². The predicted octanol–water partition coefficient (Wildman–Crippen LogP) is 5.06. The van der Waals surface area contributed by atoms with Crippen molar-refractivity contribution in [2.45, 2.75) is 10.9 Å². The summed E-state index contributed by atoms with van der Waals surface area (Å²) in [6, 6.07) is 22.7. The van der Waals surface area contributed by atoms with Crippen LogP contribution in [0.25, 0.3) is 0 Å². The first kappa shape index (κ1) is 18.0. The number of benzene rings is 3. The summed E-state index contributed by atoms with van der Waals surface area (Å²) in [7, 11) is -3.93. The molecule has 0 amide bonds. The van der Waals surface area contributed by atoms with E-state index in [0.29, 0.717) is 0 Å². The van der Waals surface area contributed by atoms with Crippen LogP contribution in [0.2, 0.25) is 10.0 Å². The van der Waals surface area contributed by atoms with E-state index in [1.807, 2.05) is 60.7 Å². The molecule has 0 heterocycles. The highest BCUT2D eigenvalue weighted by atomic mass is 35.5. The van der Waals surface area contributed by atoms with Crippen molar-refractivity contribution in [1.82, 2.24) is 4.72 Å². The van der Waals surface area contributed by atoms with Crippen molar-refractivity contribution in [3.63, 3.8) is 0 Å². The van der Waals surface area contributed by atoms with Crippen molar-refractivity contribution in [2.75, 3.05) is 0 Å². The summed E-state index contributed by atoms with van der Waals surface area (Å²) in [5, 5.41) is 0.166. The van der Waals surface area contributed by atoms with Gasteiger partial charge in [0.2, 0.25) is 10.0 Å². The van der Waals surface area contributed by atoms with Crippen LogP contribution in [-0.2, 0) is 10.0 Å². The summed E-state index contributed by atoms with van der Waals surface area (Å²) >= 11 is 12.2. The number of hydrogen-bond acceptors (Lipinski definition) is 2. The summed E-state index contributed by atoms with van der Waals surface area (Å²) in [5.74, 6) is 0. The van der Waals surface area contributed by atoms with Crippen LogP contribution in [0.3, 0.4) is 0 Å². The normalized spacial score (nSPS) is 11.6. The Balaban J connectivity index is 2.07. The predicted molar refractivity (Wildman–Crippen MR) is 102 cm³/mol. The van der Waals surface area contributed by atoms with Gasteiger partial charge in [0.15, 0.2) is 0 Å². The number of rotatable bonds is 5. The van der Waals surface area contributed by atoms with E-state index in [2.05, 4.69) is 4.72 Å². The molecular weight excluding hydrogens is 377 g/mol.